The highest BCUT2D eigenvalue weighted by atomic mass is 32.2. The summed E-state index contributed by atoms with van der Waals surface area (Å²) >= 11 is 1.38. The average molecular weight is 408 g/mol. The average Bonchev–Trinajstić information content (AvgIpc) is 3.14. The van der Waals surface area contributed by atoms with Gasteiger partial charge in [0.2, 0.25) is 0 Å². The van der Waals surface area contributed by atoms with E-state index in [9.17, 15) is 4.79 Å². The smallest absolute Gasteiger partial charge is 0.252 e. The molecule has 0 atom stereocenters. The Morgan fingerprint density at radius 2 is 2.00 bits per heavy atom. The molecule has 29 heavy (non-hydrogen) atoms. The number of hydrogen-bond acceptors (Lipinski definition) is 4. The van der Waals surface area contributed by atoms with Gasteiger partial charge in [0.05, 0.1) is 22.5 Å². The molecule has 0 bridgehead atoms. The van der Waals surface area contributed by atoms with Crippen molar-refractivity contribution in [3.05, 3.63) is 83.8 Å². The summed E-state index contributed by atoms with van der Waals surface area (Å²) in [6, 6.07) is 18.5. The lowest BCUT2D eigenvalue weighted by Crippen LogP contribution is -2.18. The second kappa shape index (κ2) is 9.18. The van der Waals surface area contributed by atoms with Crippen molar-refractivity contribution in [1.29, 1.82) is 0 Å². The Hall–Kier alpha value is -3.42. The van der Waals surface area contributed by atoms with Crippen LogP contribution in [0.25, 0.3) is 23.1 Å². The predicted molar refractivity (Wildman–Crippen MR) is 117 cm³/mol. The molecule has 0 aliphatic rings. The fourth-order valence-electron chi connectivity index (χ4n) is 2.79. The van der Waals surface area contributed by atoms with Gasteiger partial charge in [-0.3, -0.25) is 14.9 Å². The summed E-state index contributed by atoms with van der Waals surface area (Å²) in [4.78, 5) is 18.2. The van der Waals surface area contributed by atoms with E-state index in [4.69, 9.17) is 4.11 Å². The number of pyridine rings is 1. The Morgan fingerprint density at radius 3 is 2.83 bits per heavy atom. The maximum atomic E-state index is 12.4. The normalized spacial score (nSPS) is 12.8. The van der Waals surface area contributed by atoms with E-state index in [-0.39, 0.29) is 5.48 Å². The van der Waals surface area contributed by atoms with Crippen LogP contribution in [-0.4, -0.2) is 33.5 Å². The van der Waals surface area contributed by atoms with Crippen molar-refractivity contribution in [3.63, 3.8) is 0 Å². The molecule has 146 valence electrons. The first-order valence-electron chi connectivity index (χ1n) is 10.1. The van der Waals surface area contributed by atoms with Crippen LogP contribution in [0.15, 0.2) is 76.7 Å². The maximum absolute atomic E-state index is 12.4. The van der Waals surface area contributed by atoms with Crippen LogP contribution in [0.4, 0.5) is 0 Å². The molecule has 0 spiro atoms. The van der Waals surface area contributed by atoms with E-state index in [0.29, 0.717) is 10.5 Å². The van der Waals surface area contributed by atoms with Crippen molar-refractivity contribution in [1.82, 2.24) is 20.5 Å². The van der Waals surface area contributed by atoms with Gasteiger partial charge in [-0.1, -0.05) is 30.0 Å². The number of H-pyrrole nitrogens is 1. The molecular formula is C22H20N4O2S. The fraction of sp³-hybridized carbons (Fsp3) is 0.0455. The van der Waals surface area contributed by atoms with Crippen molar-refractivity contribution in [2.45, 2.75) is 9.79 Å². The minimum absolute atomic E-state index is 0. The molecule has 4 N–H and O–H groups in total. The van der Waals surface area contributed by atoms with Crippen LogP contribution in [-0.2, 0) is 0 Å². The van der Waals surface area contributed by atoms with Crippen LogP contribution in [0.2, 0.25) is 0 Å². The second-order valence-electron chi connectivity index (χ2n) is 5.96. The van der Waals surface area contributed by atoms with Crippen molar-refractivity contribution in [2.75, 3.05) is 6.98 Å². The summed E-state index contributed by atoms with van der Waals surface area (Å²) in [6.07, 6.45) is 5.54. The highest BCUT2D eigenvalue weighted by molar-refractivity contribution is 7.99. The number of aromatic nitrogens is 3. The lowest BCUT2D eigenvalue weighted by Gasteiger charge is -2.08. The quantitative estimate of drug-likeness (QED) is 0.525. The van der Waals surface area contributed by atoms with Crippen molar-refractivity contribution >= 4 is 40.7 Å². The number of nitrogens with one attached hydrogen (secondary N) is 2. The number of benzene rings is 2. The van der Waals surface area contributed by atoms with E-state index in [0.717, 1.165) is 27.2 Å². The standard InChI is InChI=1S/C22H18N4OS.H2O/c1-23-22(27)18-7-2-3-8-21(18)28-16-10-11-17-19(25-26-20(17)14-16)12-9-15-6-4-5-13-24-15;/h2-14H,1H3,(H,23,27)(H,25,26);1H2/b12-9+;/i1D3;. The first kappa shape index (κ1) is 16.5. The SMILES string of the molecule is O.[2H]C([2H])([2H])NC(=O)c1ccccc1Sc1ccc2c(/C=C/c3ccccn3)n[nH]c2c1. The van der Waals surface area contributed by atoms with Gasteiger partial charge in [-0.15, -0.1) is 0 Å². The van der Waals surface area contributed by atoms with E-state index in [1.807, 2.05) is 59.9 Å². The van der Waals surface area contributed by atoms with E-state index >= 15 is 0 Å². The zero-order valence-electron chi connectivity index (χ0n) is 18.2. The minimum Gasteiger partial charge on any atom is -0.412 e. The number of carbonyl (C=O) groups excluding carboxylic acids is 1. The second-order valence-corrected chi connectivity index (χ2v) is 7.07. The Kier molecular flexibility index (Phi) is 5.23. The number of aromatic amines is 1. The molecule has 1 amide bonds. The van der Waals surface area contributed by atoms with Crippen LogP contribution in [0.5, 0.6) is 0 Å². The van der Waals surface area contributed by atoms with Crippen LogP contribution >= 0.6 is 11.8 Å². The number of hydrogen-bond donors (Lipinski definition) is 2. The maximum Gasteiger partial charge on any atom is 0.252 e. The summed E-state index contributed by atoms with van der Waals surface area (Å²) in [5.41, 5.74) is 2.81. The van der Waals surface area contributed by atoms with E-state index in [1.165, 1.54) is 11.8 Å². The Labute approximate surface area is 176 Å². The van der Waals surface area contributed by atoms with Crippen LogP contribution in [0.3, 0.4) is 0 Å². The number of nitrogens with zero attached hydrogens (tertiary/aromatic N) is 2. The Balaban J connectivity index is 0.00000289. The Bertz CT molecular complexity index is 1260. The van der Waals surface area contributed by atoms with Gasteiger partial charge in [0.15, 0.2) is 0 Å². The molecule has 2 aromatic carbocycles. The first-order chi connectivity index (χ1) is 14.9. The Morgan fingerprint density at radius 1 is 1.14 bits per heavy atom. The molecule has 2 aromatic heterocycles. The van der Waals surface area contributed by atoms with Crippen molar-refractivity contribution in [2.24, 2.45) is 0 Å². The highest BCUT2D eigenvalue weighted by Crippen LogP contribution is 2.32. The third-order valence-corrected chi connectivity index (χ3v) is 5.20. The van der Waals surface area contributed by atoms with Gasteiger partial charge < -0.3 is 10.8 Å². The molecule has 0 saturated heterocycles. The highest BCUT2D eigenvalue weighted by Gasteiger charge is 2.11. The molecule has 4 aromatic rings. The number of rotatable bonds is 5. The molecule has 0 aliphatic carbocycles. The number of carbonyl (C=O) groups is 1. The molecule has 2 heterocycles. The van der Waals surface area contributed by atoms with Gasteiger partial charge in [0.25, 0.3) is 5.91 Å². The number of amides is 1. The topological polar surface area (TPSA) is 102 Å². The molecule has 7 heteroatoms. The predicted octanol–water partition coefficient (Wildman–Crippen LogP) is 3.81. The van der Waals surface area contributed by atoms with Gasteiger partial charge >= 0.3 is 0 Å². The molecular weight excluding hydrogens is 384 g/mol. The van der Waals surface area contributed by atoms with E-state index < -0.39 is 12.9 Å². The molecule has 0 unspecified atom stereocenters. The molecule has 0 aliphatic heterocycles. The van der Waals surface area contributed by atoms with Crippen molar-refractivity contribution < 1.29 is 14.4 Å². The van der Waals surface area contributed by atoms with Gasteiger partial charge in [0.1, 0.15) is 0 Å². The lowest BCUT2D eigenvalue weighted by molar-refractivity contribution is 0.0960. The molecule has 0 radical (unpaired) electrons. The zero-order valence-corrected chi connectivity index (χ0v) is 16.0. The van der Waals surface area contributed by atoms with E-state index in [2.05, 4.69) is 15.2 Å². The molecule has 4 rings (SSSR count). The fourth-order valence-corrected chi connectivity index (χ4v) is 3.77. The first-order valence-corrected chi connectivity index (χ1v) is 9.37. The van der Waals surface area contributed by atoms with Crippen LogP contribution in [0.1, 0.15) is 25.9 Å². The molecule has 0 fully saturated rings. The van der Waals surface area contributed by atoms with Crippen LogP contribution < -0.4 is 5.32 Å². The third kappa shape index (κ3) is 4.53. The monoisotopic (exact) mass is 407 g/mol. The van der Waals surface area contributed by atoms with Gasteiger partial charge in [0, 0.05) is 32.5 Å². The van der Waals surface area contributed by atoms with Crippen LogP contribution in [0, 0.1) is 0 Å². The zero-order chi connectivity index (χ0) is 21.8. The lowest BCUT2D eigenvalue weighted by atomic mass is 10.2. The summed E-state index contributed by atoms with van der Waals surface area (Å²) in [6.45, 7) is -2.54. The number of fused-ring (bicyclic) bond motifs is 1. The molecule has 0 saturated carbocycles. The summed E-state index contributed by atoms with van der Waals surface area (Å²) in [5.74, 6) is -0.632. The van der Waals surface area contributed by atoms with Crippen molar-refractivity contribution in [3.8, 4) is 0 Å². The van der Waals surface area contributed by atoms with Gasteiger partial charge in [-0.05, 0) is 54.6 Å². The van der Waals surface area contributed by atoms with E-state index in [1.54, 1.807) is 24.4 Å². The minimum atomic E-state index is -2.54. The molecule has 6 nitrogen and oxygen atoms in total. The largest absolute Gasteiger partial charge is 0.412 e. The summed E-state index contributed by atoms with van der Waals surface area (Å²) < 4.78 is 21.8. The third-order valence-electron chi connectivity index (χ3n) is 4.14. The summed E-state index contributed by atoms with van der Waals surface area (Å²) in [5, 5.41) is 10.4. The summed E-state index contributed by atoms with van der Waals surface area (Å²) in [7, 11) is 0. The van der Waals surface area contributed by atoms with Gasteiger partial charge in [-0.25, -0.2) is 0 Å². The van der Waals surface area contributed by atoms with Gasteiger partial charge in [-0.2, -0.15) is 5.10 Å².